The number of carbonyl (C=O) groups is 3. The fourth-order valence-electron chi connectivity index (χ4n) is 3.96. The molecule has 8 nitrogen and oxygen atoms in total. The van der Waals surface area contributed by atoms with Crippen molar-refractivity contribution in [1.29, 1.82) is 0 Å². The number of carboxylic acids is 1. The molecule has 0 saturated carbocycles. The van der Waals surface area contributed by atoms with Crippen LogP contribution in [0.3, 0.4) is 0 Å². The highest BCUT2D eigenvalue weighted by Crippen LogP contribution is 2.23. The number of ether oxygens (including phenoxy) is 2. The van der Waals surface area contributed by atoms with Crippen LogP contribution in [0.15, 0.2) is 24.3 Å². The zero-order chi connectivity index (χ0) is 22.3. The molecule has 2 amide bonds. The van der Waals surface area contributed by atoms with E-state index in [9.17, 15) is 14.4 Å². The first kappa shape index (κ1) is 23.7. The molecule has 166 valence electrons. The molecule has 2 N–H and O–H groups in total. The van der Waals surface area contributed by atoms with E-state index in [0.717, 1.165) is 19.3 Å². The number of benzene rings is 1. The number of hydrogen-bond donors (Lipinski definition) is 2. The molecule has 1 aromatic carbocycles. The number of amides is 2. The maximum Gasteiger partial charge on any atom is 0.305 e. The van der Waals surface area contributed by atoms with Crippen LogP contribution in [0.2, 0.25) is 0 Å². The summed E-state index contributed by atoms with van der Waals surface area (Å²) in [7, 11) is 1.45. The number of carbonyl (C=O) groups excluding carboxylic acids is 2. The lowest BCUT2D eigenvalue weighted by Crippen LogP contribution is -2.50. The minimum absolute atomic E-state index is 0.0412. The first-order valence-electron chi connectivity index (χ1n) is 10.2. The normalized spacial score (nSPS) is 20.9. The van der Waals surface area contributed by atoms with Gasteiger partial charge < -0.3 is 24.8 Å². The minimum atomic E-state index is -1.03. The Morgan fingerprint density at radius 1 is 1.17 bits per heavy atom. The molecule has 1 saturated heterocycles. The largest absolute Gasteiger partial charge is 0.484 e. The van der Waals surface area contributed by atoms with Crippen molar-refractivity contribution in [3.8, 4) is 5.75 Å². The summed E-state index contributed by atoms with van der Waals surface area (Å²) in [4.78, 5) is 38.0. The average Bonchev–Trinajstić information content (AvgIpc) is 2.66. The van der Waals surface area contributed by atoms with E-state index < -0.39 is 17.4 Å². The van der Waals surface area contributed by atoms with Crippen LogP contribution in [-0.4, -0.2) is 65.7 Å². The first-order chi connectivity index (χ1) is 14.1. The van der Waals surface area contributed by atoms with Crippen molar-refractivity contribution in [2.75, 3.05) is 20.3 Å². The Hall–Kier alpha value is -2.61. The highest BCUT2D eigenvalue weighted by Gasteiger charge is 2.30. The van der Waals surface area contributed by atoms with Crippen LogP contribution in [-0.2, 0) is 14.3 Å². The van der Waals surface area contributed by atoms with E-state index in [1.807, 2.05) is 4.90 Å². The van der Waals surface area contributed by atoms with Gasteiger partial charge in [-0.05, 0) is 64.3 Å². The summed E-state index contributed by atoms with van der Waals surface area (Å²) < 4.78 is 10.7. The van der Waals surface area contributed by atoms with E-state index in [1.165, 1.54) is 7.11 Å². The number of rotatable bonds is 9. The third kappa shape index (κ3) is 6.45. The molecule has 2 rings (SSSR count). The maximum atomic E-state index is 12.6. The van der Waals surface area contributed by atoms with E-state index in [-0.39, 0.29) is 37.6 Å². The number of nitrogens with one attached hydrogen (secondary N) is 1. The van der Waals surface area contributed by atoms with Crippen LogP contribution in [0.25, 0.3) is 0 Å². The topological polar surface area (TPSA) is 105 Å². The van der Waals surface area contributed by atoms with Crippen molar-refractivity contribution >= 4 is 17.8 Å². The van der Waals surface area contributed by atoms with Crippen molar-refractivity contribution in [1.82, 2.24) is 10.2 Å². The molecule has 8 heteroatoms. The van der Waals surface area contributed by atoms with Crippen molar-refractivity contribution in [3.05, 3.63) is 29.8 Å². The molecule has 1 fully saturated rings. The standard InChI is InChI=1S/C22H32N2O6/c1-15-6-5-7-16(2)24(15)19(25)13-30-18-10-8-17(9-11-18)21(28)23-22(3,14-29-4)12-20(26)27/h8-11,15-16H,5-7,12-14H2,1-4H3,(H,23,28)(H,26,27)/t15-,16+,22-/m1/s1. The summed E-state index contributed by atoms with van der Waals surface area (Å²) in [5.41, 5.74) is -0.666. The predicted octanol–water partition coefficient (Wildman–Crippen LogP) is 2.46. The predicted molar refractivity (Wildman–Crippen MR) is 112 cm³/mol. The van der Waals surface area contributed by atoms with Gasteiger partial charge >= 0.3 is 5.97 Å². The van der Waals surface area contributed by atoms with E-state index >= 15 is 0 Å². The lowest BCUT2D eigenvalue weighted by molar-refractivity contribution is -0.140. The molecule has 3 atom stereocenters. The molecule has 1 heterocycles. The molecule has 0 aromatic heterocycles. The van der Waals surface area contributed by atoms with Crippen LogP contribution in [0, 0.1) is 0 Å². The van der Waals surface area contributed by atoms with Gasteiger partial charge in [0.05, 0.1) is 18.6 Å². The third-order valence-corrected chi connectivity index (χ3v) is 5.38. The number of carboxylic acid groups (broad SMARTS) is 1. The molecule has 0 spiro atoms. The molecular weight excluding hydrogens is 388 g/mol. The zero-order valence-electron chi connectivity index (χ0n) is 18.1. The number of likely N-dealkylation sites (tertiary alicyclic amines) is 1. The number of nitrogens with zero attached hydrogens (tertiary/aromatic N) is 1. The molecule has 1 aromatic rings. The van der Waals surface area contributed by atoms with Gasteiger partial charge in [-0.25, -0.2) is 0 Å². The number of aliphatic carboxylic acids is 1. The van der Waals surface area contributed by atoms with Gasteiger partial charge in [0.1, 0.15) is 5.75 Å². The van der Waals surface area contributed by atoms with Gasteiger partial charge in [-0.15, -0.1) is 0 Å². The second-order valence-corrected chi connectivity index (χ2v) is 8.26. The Morgan fingerprint density at radius 3 is 2.30 bits per heavy atom. The van der Waals surface area contributed by atoms with Gasteiger partial charge in [0.2, 0.25) is 0 Å². The molecule has 0 radical (unpaired) electrons. The Labute approximate surface area is 177 Å². The molecular formula is C22H32N2O6. The highest BCUT2D eigenvalue weighted by atomic mass is 16.5. The van der Waals surface area contributed by atoms with Crippen molar-refractivity contribution < 1.29 is 29.0 Å². The number of hydrogen-bond acceptors (Lipinski definition) is 5. The van der Waals surface area contributed by atoms with E-state index in [4.69, 9.17) is 14.6 Å². The Bertz CT molecular complexity index is 740. The summed E-state index contributed by atoms with van der Waals surface area (Å²) in [6.45, 7) is 5.76. The molecule has 1 aliphatic heterocycles. The molecule has 0 unspecified atom stereocenters. The Balaban J connectivity index is 1.94. The number of methoxy groups -OCH3 is 1. The Kier molecular flexibility index (Phi) is 8.23. The summed E-state index contributed by atoms with van der Waals surface area (Å²) in [6, 6.07) is 6.82. The molecule has 0 bridgehead atoms. The van der Waals surface area contributed by atoms with Crippen LogP contribution in [0.1, 0.15) is 56.8 Å². The number of piperidine rings is 1. The highest BCUT2D eigenvalue weighted by molar-refractivity contribution is 5.95. The van der Waals surface area contributed by atoms with Crippen molar-refractivity contribution in [2.24, 2.45) is 0 Å². The average molecular weight is 421 g/mol. The molecule has 30 heavy (non-hydrogen) atoms. The van der Waals surface area contributed by atoms with E-state index in [1.54, 1.807) is 31.2 Å². The quantitative estimate of drug-likeness (QED) is 0.636. The molecule has 1 aliphatic rings. The van der Waals surface area contributed by atoms with Crippen molar-refractivity contribution in [2.45, 2.75) is 64.1 Å². The SMILES string of the molecule is COC[C@@](C)(CC(=O)O)NC(=O)c1ccc(OCC(=O)N2[C@H](C)CCC[C@@H]2C)cc1. The maximum absolute atomic E-state index is 12.6. The van der Waals surface area contributed by atoms with Gasteiger partial charge in [-0.2, -0.15) is 0 Å². The third-order valence-electron chi connectivity index (χ3n) is 5.38. The second kappa shape index (κ2) is 10.4. The monoisotopic (exact) mass is 420 g/mol. The van der Waals surface area contributed by atoms with Crippen LogP contribution >= 0.6 is 0 Å². The summed E-state index contributed by atoms with van der Waals surface area (Å²) in [6.07, 6.45) is 2.88. The second-order valence-electron chi connectivity index (χ2n) is 8.26. The fourth-order valence-corrected chi connectivity index (χ4v) is 3.96. The first-order valence-corrected chi connectivity index (χ1v) is 10.2. The summed E-state index contributed by atoms with van der Waals surface area (Å²) in [5.74, 6) is -0.988. The van der Waals surface area contributed by atoms with Crippen LogP contribution < -0.4 is 10.1 Å². The zero-order valence-corrected chi connectivity index (χ0v) is 18.1. The van der Waals surface area contributed by atoms with Gasteiger partial charge in [0.15, 0.2) is 6.61 Å². The minimum Gasteiger partial charge on any atom is -0.484 e. The van der Waals surface area contributed by atoms with Gasteiger partial charge in [-0.3, -0.25) is 14.4 Å². The van der Waals surface area contributed by atoms with Crippen LogP contribution in [0.4, 0.5) is 0 Å². The van der Waals surface area contributed by atoms with Gasteiger partial charge in [-0.1, -0.05) is 0 Å². The smallest absolute Gasteiger partial charge is 0.305 e. The lowest BCUT2D eigenvalue weighted by atomic mass is 9.97. The van der Waals surface area contributed by atoms with E-state index in [0.29, 0.717) is 11.3 Å². The Morgan fingerprint density at radius 2 is 1.77 bits per heavy atom. The van der Waals surface area contributed by atoms with Crippen molar-refractivity contribution in [3.63, 3.8) is 0 Å². The van der Waals surface area contributed by atoms with Gasteiger partial charge in [0.25, 0.3) is 11.8 Å². The molecule has 0 aliphatic carbocycles. The van der Waals surface area contributed by atoms with Crippen LogP contribution in [0.5, 0.6) is 5.75 Å². The van der Waals surface area contributed by atoms with E-state index in [2.05, 4.69) is 19.2 Å². The lowest BCUT2D eigenvalue weighted by Gasteiger charge is -2.38. The van der Waals surface area contributed by atoms with Gasteiger partial charge in [0, 0.05) is 24.8 Å². The summed E-state index contributed by atoms with van der Waals surface area (Å²) in [5, 5.41) is 11.8. The fraction of sp³-hybridized carbons (Fsp3) is 0.591. The summed E-state index contributed by atoms with van der Waals surface area (Å²) >= 11 is 0.